The van der Waals surface area contributed by atoms with E-state index in [1.165, 1.54) is 12.1 Å². The molecule has 4 amide bonds. The van der Waals surface area contributed by atoms with Gasteiger partial charge in [-0.15, -0.1) is 0 Å². The molecule has 1 aliphatic heterocycles. The molecular weight excluding hydrogens is 326 g/mol. The van der Waals surface area contributed by atoms with Crippen LogP contribution in [0, 0.1) is 5.92 Å². The van der Waals surface area contributed by atoms with E-state index in [0.29, 0.717) is 17.5 Å². The van der Waals surface area contributed by atoms with E-state index in [0.717, 1.165) is 4.90 Å². The molecule has 1 aromatic rings. The molecule has 1 fully saturated rings. The van der Waals surface area contributed by atoms with Gasteiger partial charge in [-0.1, -0.05) is 26.0 Å². The van der Waals surface area contributed by atoms with Gasteiger partial charge in [0.25, 0.3) is 5.91 Å². The molecule has 0 spiro atoms. The number of nitrogens with zero attached hydrogens (tertiary/aromatic N) is 1. The average molecular weight is 347 g/mol. The monoisotopic (exact) mass is 347 g/mol. The molecule has 8 heteroatoms. The van der Waals surface area contributed by atoms with Gasteiger partial charge in [0.1, 0.15) is 6.04 Å². The summed E-state index contributed by atoms with van der Waals surface area (Å²) in [6.45, 7) is 3.88. The van der Waals surface area contributed by atoms with Gasteiger partial charge in [-0.3, -0.25) is 14.5 Å². The largest absolute Gasteiger partial charge is 0.480 e. The van der Waals surface area contributed by atoms with Crippen molar-refractivity contribution < 1.29 is 24.3 Å². The van der Waals surface area contributed by atoms with Gasteiger partial charge in [0, 0.05) is 5.56 Å². The molecule has 1 aromatic carbocycles. The number of aliphatic carboxylic acids is 1. The molecule has 1 unspecified atom stereocenters. The van der Waals surface area contributed by atoms with Gasteiger partial charge in [-0.2, -0.15) is 0 Å². The summed E-state index contributed by atoms with van der Waals surface area (Å²) in [7, 11) is 0. The summed E-state index contributed by atoms with van der Waals surface area (Å²) >= 11 is 0. The molecule has 0 aromatic heterocycles. The lowest BCUT2D eigenvalue weighted by Gasteiger charge is -2.17. The highest BCUT2D eigenvalue weighted by atomic mass is 16.4. The number of nitrogens with one attached hydrogen (secondary N) is 2. The van der Waals surface area contributed by atoms with Crippen molar-refractivity contribution >= 4 is 23.8 Å². The minimum atomic E-state index is -1.07. The Bertz CT molecular complexity index is 668. The number of rotatable bonds is 7. The van der Waals surface area contributed by atoms with E-state index in [1.807, 2.05) is 13.8 Å². The summed E-state index contributed by atoms with van der Waals surface area (Å²) < 4.78 is 0. The van der Waals surface area contributed by atoms with E-state index in [4.69, 9.17) is 0 Å². The minimum Gasteiger partial charge on any atom is -0.480 e. The third kappa shape index (κ3) is 4.79. The van der Waals surface area contributed by atoms with Crippen molar-refractivity contribution in [1.82, 2.24) is 15.5 Å². The number of hydrogen-bond acceptors (Lipinski definition) is 4. The van der Waals surface area contributed by atoms with Crippen molar-refractivity contribution in [2.45, 2.75) is 32.9 Å². The molecule has 0 radical (unpaired) electrons. The fraction of sp³-hybridized carbons (Fsp3) is 0.412. The molecule has 25 heavy (non-hydrogen) atoms. The maximum absolute atomic E-state index is 12.2. The number of urea groups is 1. The van der Waals surface area contributed by atoms with Crippen molar-refractivity contribution in [2.24, 2.45) is 5.92 Å². The van der Waals surface area contributed by atoms with Crippen LogP contribution in [0.5, 0.6) is 0 Å². The van der Waals surface area contributed by atoms with Crippen molar-refractivity contribution in [1.29, 1.82) is 0 Å². The fourth-order valence-electron chi connectivity index (χ4n) is 2.49. The SMILES string of the molecule is CC(C)CC(NC(=O)c1ccc(CN2C(=O)CNC2=O)cc1)C(=O)O. The highest BCUT2D eigenvalue weighted by Gasteiger charge is 2.28. The van der Waals surface area contributed by atoms with Crippen molar-refractivity contribution in [2.75, 3.05) is 6.54 Å². The zero-order chi connectivity index (χ0) is 18.6. The number of hydrogen-bond donors (Lipinski definition) is 3. The van der Waals surface area contributed by atoms with E-state index < -0.39 is 23.9 Å². The van der Waals surface area contributed by atoms with Gasteiger partial charge in [-0.25, -0.2) is 9.59 Å². The first-order chi connectivity index (χ1) is 11.8. The van der Waals surface area contributed by atoms with Crippen LogP contribution in [0.2, 0.25) is 0 Å². The smallest absolute Gasteiger partial charge is 0.326 e. The van der Waals surface area contributed by atoms with Gasteiger partial charge in [0.05, 0.1) is 13.1 Å². The molecule has 0 saturated carbocycles. The number of carbonyl (C=O) groups is 4. The van der Waals surface area contributed by atoms with E-state index in [2.05, 4.69) is 10.6 Å². The van der Waals surface area contributed by atoms with Gasteiger partial charge < -0.3 is 15.7 Å². The molecule has 0 aliphatic carbocycles. The Morgan fingerprint density at radius 3 is 2.36 bits per heavy atom. The molecule has 2 rings (SSSR count). The Kier molecular flexibility index (Phi) is 5.74. The first kappa shape index (κ1) is 18.4. The molecule has 1 atom stereocenters. The van der Waals surface area contributed by atoms with Gasteiger partial charge in [0.15, 0.2) is 0 Å². The van der Waals surface area contributed by atoms with Gasteiger partial charge in [0.2, 0.25) is 5.91 Å². The minimum absolute atomic E-state index is 0.00818. The predicted octanol–water partition coefficient (Wildman–Crippen LogP) is 0.967. The van der Waals surface area contributed by atoms with Crippen LogP contribution in [-0.4, -0.2) is 46.4 Å². The lowest BCUT2D eigenvalue weighted by molar-refractivity contribution is -0.139. The van der Waals surface area contributed by atoms with E-state index in [-0.39, 0.29) is 24.9 Å². The van der Waals surface area contributed by atoms with Gasteiger partial charge in [-0.05, 0) is 30.0 Å². The van der Waals surface area contributed by atoms with E-state index >= 15 is 0 Å². The molecule has 134 valence electrons. The lowest BCUT2D eigenvalue weighted by Crippen LogP contribution is -2.41. The zero-order valence-corrected chi connectivity index (χ0v) is 14.1. The molecule has 1 saturated heterocycles. The molecule has 3 N–H and O–H groups in total. The van der Waals surface area contributed by atoms with Crippen molar-refractivity contribution in [3.05, 3.63) is 35.4 Å². The first-order valence-corrected chi connectivity index (χ1v) is 7.98. The highest BCUT2D eigenvalue weighted by molar-refractivity contribution is 6.02. The summed E-state index contributed by atoms with van der Waals surface area (Å²) in [5.74, 6) is -1.72. The number of carboxylic acid groups (broad SMARTS) is 1. The lowest BCUT2D eigenvalue weighted by atomic mass is 10.0. The molecule has 0 bridgehead atoms. The normalized spacial score (nSPS) is 15.2. The quantitative estimate of drug-likeness (QED) is 0.636. The van der Waals surface area contributed by atoms with Gasteiger partial charge >= 0.3 is 12.0 Å². The number of imide groups is 1. The van der Waals surface area contributed by atoms with Crippen molar-refractivity contribution in [3.63, 3.8) is 0 Å². The number of carbonyl (C=O) groups excluding carboxylic acids is 3. The van der Waals surface area contributed by atoms with Crippen LogP contribution >= 0.6 is 0 Å². The van der Waals surface area contributed by atoms with Crippen LogP contribution in [0.15, 0.2) is 24.3 Å². The topological polar surface area (TPSA) is 116 Å². The molecule has 1 heterocycles. The Balaban J connectivity index is 2.01. The maximum atomic E-state index is 12.2. The second-order valence-electron chi connectivity index (χ2n) is 6.33. The number of benzene rings is 1. The first-order valence-electron chi connectivity index (χ1n) is 7.98. The predicted molar refractivity (Wildman–Crippen MR) is 88.7 cm³/mol. The van der Waals surface area contributed by atoms with Crippen LogP contribution in [0.4, 0.5) is 4.79 Å². The molecule has 8 nitrogen and oxygen atoms in total. The standard InChI is InChI=1S/C17H21N3O5/c1-10(2)7-13(16(23)24)19-15(22)12-5-3-11(4-6-12)9-20-14(21)8-18-17(20)25/h3-6,10,13H,7-9H2,1-2H3,(H,18,25)(H,19,22)(H,23,24). The average Bonchev–Trinajstić information content (AvgIpc) is 2.86. The Morgan fingerprint density at radius 1 is 1.24 bits per heavy atom. The van der Waals surface area contributed by atoms with Crippen molar-refractivity contribution in [3.8, 4) is 0 Å². The second-order valence-corrected chi connectivity index (χ2v) is 6.33. The zero-order valence-electron chi connectivity index (χ0n) is 14.1. The van der Waals surface area contributed by atoms with Crippen LogP contribution in [0.1, 0.15) is 36.2 Å². The Morgan fingerprint density at radius 2 is 1.88 bits per heavy atom. The third-order valence-corrected chi connectivity index (χ3v) is 3.80. The molecule has 1 aliphatic rings. The summed E-state index contributed by atoms with van der Waals surface area (Å²) in [4.78, 5) is 47.6. The maximum Gasteiger partial charge on any atom is 0.326 e. The van der Waals surface area contributed by atoms with Crippen LogP contribution in [0.25, 0.3) is 0 Å². The number of carboxylic acids is 1. The summed E-state index contributed by atoms with van der Waals surface area (Å²) in [6.07, 6.45) is 0.339. The summed E-state index contributed by atoms with van der Waals surface area (Å²) in [6, 6.07) is 4.95. The van der Waals surface area contributed by atoms with Crippen LogP contribution in [0.3, 0.4) is 0 Å². The second kappa shape index (κ2) is 7.78. The van der Waals surface area contributed by atoms with Crippen LogP contribution in [-0.2, 0) is 16.1 Å². The van der Waals surface area contributed by atoms with E-state index in [1.54, 1.807) is 12.1 Å². The van der Waals surface area contributed by atoms with Crippen LogP contribution < -0.4 is 10.6 Å². The number of amides is 4. The Labute approximate surface area is 145 Å². The Hall–Kier alpha value is -2.90. The highest BCUT2D eigenvalue weighted by Crippen LogP contribution is 2.11. The fourth-order valence-corrected chi connectivity index (χ4v) is 2.49. The third-order valence-electron chi connectivity index (χ3n) is 3.80. The molecular formula is C17H21N3O5. The summed E-state index contributed by atoms with van der Waals surface area (Å²) in [5, 5.41) is 14.1. The van der Waals surface area contributed by atoms with E-state index in [9.17, 15) is 24.3 Å². The summed E-state index contributed by atoms with van der Waals surface area (Å²) in [5.41, 5.74) is 1.01.